The molecule has 50 heavy (non-hydrogen) atoms. The molecule has 10 rings (SSSR count). The van der Waals surface area contributed by atoms with Crippen LogP contribution in [0.5, 0.6) is 0 Å². The van der Waals surface area contributed by atoms with Gasteiger partial charge in [-0.1, -0.05) is 140 Å². The molecule has 3 aromatic heterocycles. The third-order valence-electron chi connectivity index (χ3n) is 9.62. The standard InChI is InChI=1S/C46H29N3S/c1-4-12-30(13-5-1)34-22-25-36-37-26-27-43-44(38-18-10-11-19-42(38)50-43)45(37)49(41(36)28-34)35-23-20-32(21-24-35)40-29-39(31-14-6-2-7-15-31)47-46(48-40)33-16-8-3-9-17-33/h1-29H. The lowest BCUT2D eigenvalue weighted by molar-refractivity contribution is 1.17. The van der Waals surface area contributed by atoms with Crippen molar-refractivity contribution in [3.8, 4) is 50.7 Å². The van der Waals surface area contributed by atoms with Crippen LogP contribution in [-0.2, 0) is 0 Å². The molecule has 0 bridgehead atoms. The second kappa shape index (κ2) is 11.7. The molecule has 0 fully saturated rings. The van der Waals surface area contributed by atoms with Crippen LogP contribution in [0.3, 0.4) is 0 Å². The molecule has 0 aliphatic rings. The summed E-state index contributed by atoms with van der Waals surface area (Å²) < 4.78 is 5.07. The van der Waals surface area contributed by atoms with Crippen molar-refractivity contribution in [2.24, 2.45) is 0 Å². The van der Waals surface area contributed by atoms with Gasteiger partial charge in [0.05, 0.1) is 22.4 Å². The number of thiophene rings is 1. The molecule has 0 saturated carbocycles. The molecule has 0 aliphatic heterocycles. The predicted molar refractivity (Wildman–Crippen MR) is 211 cm³/mol. The van der Waals surface area contributed by atoms with Crippen LogP contribution >= 0.6 is 11.3 Å². The van der Waals surface area contributed by atoms with Crippen molar-refractivity contribution < 1.29 is 0 Å². The summed E-state index contributed by atoms with van der Waals surface area (Å²) in [6, 6.07) is 62.5. The monoisotopic (exact) mass is 655 g/mol. The van der Waals surface area contributed by atoms with E-state index in [0.29, 0.717) is 5.82 Å². The van der Waals surface area contributed by atoms with E-state index >= 15 is 0 Å². The summed E-state index contributed by atoms with van der Waals surface area (Å²) in [4.78, 5) is 10.1. The van der Waals surface area contributed by atoms with Gasteiger partial charge >= 0.3 is 0 Å². The average Bonchev–Trinajstić information content (AvgIpc) is 3.74. The van der Waals surface area contributed by atoms with Crippen molar-refractivity contribution in [2.75, 3.05) is 0 Å². The lowest BCUT2D eigenvalue weighted by atomic mass is 10.0. The van der Waals surface area contributed by atoms with Crippen molar-refractivity contribution in [3.05, 3.63) is 176 Å². The van der Waals surface area contributed by atoms with Crippen LogP contribution in [0.15, 0.2) is 176 Å². The quantitative estimate of drug-likeness (QED) is 0.185. The van der Waals surface area contributed by atoms with Crippen LogP contribution in [0.25, 0.3) is 92.7 Å². The second-order valence-electron chi connectivity index (χ2n) is 12.6. The summed E-state index contributed by atoms with van der Waals surface area (Å²) in [7, 11) is 0. The van der Waals surface area contributed by atoms with Gasteiger partial charge in [-0.05, 0) is 47.5 Å². The van der Waals surface area contributed by atoms with Gasteiger partial charge in [-0.2, -0.15) is 0 Å². The first-order chi connectivity index (χ1) is 24.8. The van der Waals surface area contributed by atoms with Crippen molar-refractivity contribution >= 4 is 53.3 Å². The summed E-state index contributed by atoms with van der Waals surface area (Å²) in [6.07, 6.45) is 0. The Kier molecular flexibility index (Phi) is 6.68. The first kappa shape index (κ1) is 28.6. The van der Waals surface area contributed by atoms with Crippen molar-refractivity contribution in [1.82, 2.24) is 14.5 Å². The van der Waals surface area contributed by atoms with Gasteiger partial charge in [-0.15, -0.1) is 11.3 Å². The van der Waals surface area contributed by atoms with Crippen molar-refractivity contribution in [2.45, 2.75) is 0 Å². The number of rotatable bonds is 5. The molecular weight excluding hydrogens is 627 g/mol. The van der Waals surface area contributed by atoms with Crippen LogP contribution < -0.4 is 0 Å². The van der Waals surface area contributed by atoms with Gasteiger partial charge in [0, 0.05) is 53.3 Å². The number of aromatic nitrogens is 3. The molecule has 234 valence electrons. The molecule has 0 aliphatic carbocycles. The van der Waals surface area contributed by atoms with Gasteiger partial charge in [0.1, 0.15) is 0 Å². The van der Waals surface area contributed by atoms with E-state index in [1.54, 1.807) is 0 Å². The molecule has 7 aromatic carbocycles. The number of fused-ring (bicyclic) bond motifs is 7. The lowest BCUT2D eigenvalue weighted by Gasteiger charge is -2.12. The fraction of sp³-hybridized carbons (Fsp3) is 0. The lowest BCUT2D eigenvalue weighted by Crippen LogP contribution is -1.97. The van der Waals surface area contributed by atoms with Crippen LogP contribution in [-0.4, -0.2) is 14.5 Å². The fourth-order valence-electron chi connectivity index (χ4n) is 7.24. The molecule has 0 N–H and O–H groups in total. The zero-order chi connectivity index (χ0) is 33.0. The van der Waals surface area contributed by atoms with Gasteiger partial charge in [0.15, 0.2) is 5.82 Å². The van der Waals surface area contributed by atoms with E-state index in [4.69, 9.17) is 9.97 Å². The summed E-state index contributed by atoms with van der Waals surface area (Å²) in [5.41, 5.74) is 10.9. The van der Waals surface area contributed by atoms with Crippen LogP contribution in [0.4, 0.5) is 0 Å². The molecule has 3 nitrogen and oxygen atoms in total. The molecule has 0 amide bonds. The molecule has 0 radical (unpaired) electrons. The normalized spacial score (nSPS) is 11.6. The third kappa shape index (κ3) is 4.73. The summed E-state index contributed by atoms with van der Waals surface area (Å²) in [5.74, 6) is 0.716. The minimum atomic E-state index is 0.716. The minimum Gasteiger partial charge on any atom is -0.309 e. The van der Waals surface area contributed by atoms with Crippen molar-refractivity contribution in [3.63, 3.8) is 0 Å². The van der Waals surface area contributed by atoms with E-state index in [1.165, 1.54) is 53.1 Å². The zero-order valence-electron chi connectivity index (χ0n) is 27.0. The maximum atomic E-state index is 5.09. The van der Waals surface area contributed by atoms with E-state index in [0.717, 1.165) is 33.8 Å². The van der Waals surface area contributed by atoms with Crippen molar-refractivity contribution in [1.29, 1.82) is 0 Å². The maximum Gasteiger partial charge on any atom is 0.160 e. The Morgan fingerprint density at radius 3 is 1.70 bits per heavy atom. The highest BCUT2D eigenvalue weighted by atomic mass is 32.1. The smallest absolute Gasteiger partial charge is 0.160 e. The van der Waals surface area contributed by atoms with Gasteiger partial charge in [0.25, 0.3) is 0 Å². The first-order valence-corrected chi connectivity index (χ1v) is 17.6. The molecule has 0 spiro atoms. The van der Waals surface area contributed by atoms with E-state index in [1.807, 2.05) is 35.6 Å². The van der Waals surface area contributed by atoms with Crippen LogP contribution in [0.2, 0.25) is 0 Å². The van der Waals surface area contributed by atoms with Gasteiger partial charge in [0.2, 0.25) is 0 Å². The summed E-state index contributed by atoms with van der Waals surface area (Å²) >= 11 is 1.86. The Labute approximate surface area is 293 Å². The minimum absolute atomic E-state index is 0.716. The predicted octanol–water partition coefficient (Wildman–Crippen LogP) is 12.6. The Bertz CT molecular complexity index is 2780. The Balaban J connectivity index is 1.20. The Morgan fingerprint density at radius 2 is 0.980 bits per heavy atom. The highest BCUT2D eigenvalue weighted by molar-refractivity contribution is 7.26. The van der Waals surface area contributed by atoms with E-state index < -0.39 is 0 Å². The van der Waals surface area contributed by atoms with Crippen LogP contribution in [0, 0.1) is 0 Å². The second-order valence-corrected chi connectivity index (χ2v) is 13.7. The van der Waals surface area contributed by atoms with Crippen LogP contribution in [0.1, 0.15) is 0 Å². The van der Waals surface area contributed by atoms with E-state index in [-0.39, 0.29) is 0 Å². The average molecular weight is 656 g/mol. The molecular formula is C46H29N3S. The van der Waals surface area contributed by atoms with Gasteiger partial charge < -0.3 is 4.57 Å². The molecule has 3 heterocycles. The zero-order valence-corrected chi connectivity index (χ0v) is 27.8. The summed E-state index contributed by atoms with van der Waals surface area (Å²) in [6.45, 7) is 0. The first-order valence-electron chi connectivity index (χ1n) is 16.8. The molecule has 4 heteroatoms. The molecule has 10 aromatic rings. The Hall–Kier alpha value is -6.36. The van der Waals surface area contributed by atoms with Gasteiger partial charge in [-0.25, -0.2) is 9.97 Å². The van der Waals surface area contributed by atoms with Gasteiger partial charge in [-0.3, -0.25) is 0 Å². The fourth-order valence-corrected chi connectivity index (χ4v) is 8.35. The highest BCUT2D eigenvalue weighted by Gasteiger charge is 2.19. The molecule has 0 atom stereocenters. The Morgan fingerprint density at radius 1 is 0.400 bits per heavy atom. The number of hydrogen-bond donors (Lipinski definition) is 0. The molecule has 0 unspecified atom stereocenters. The molecule has 0 saturated heterocycles. The van der Waals surface area contributed by atoms with E-state index in [9.17, 15) is 0 Å². The number of hydrogen-bond acceptors (Lipinski definition) is 3. The maximum absolute atomic E-state index is 5.09. The highest BCUT2D eigenvalue weighted by Crippen LogP contribution is 2.44. The number of nitrogens with zero attached hydrogens (tertiary/aromatic N) is 3. The van der Waals surface area contributed by atoms with E-state index in [2.05, 4.69) is 156 Å². The third-order valence-corrected chi connectivity index (χ3v) is 10.8. The SMILES string of the molecule is c1ccc(-c2ccc3c4ccc5sc6ccccc6c5c4n(-c4ccc(-c5cc(-c6ccccc6)nc(-c6ccccc6)n5)cc4)c3c2)cc1. The number of benzene rings is 7. The largest absolute Gasteiger partial charge is 0.309 e. The topological polar surface area (TPSA) is 30.7 Å². The summed E-state index contributed by atoms with van der Waals surface area (Å²) in [5, 5.41) is 5.11.